The van der Waals surface area contributed by atoms with E-state index < -0.39 is 0 Å². The van der Waals surface area contributed by atoms with Crippen LogP contribution in [0.5, 0.6) is 0 Å². The van der Waals surface area contributed by atoms with Crippen LogP contribution in [0.2, 0.25) is 0 Å². The molecule has 0 amide bonds. The van der Waals surface area contributed by atoms with Gasteiger partial charge in [-0.1, -0.05) is 39.8 Å². The highest BCUT2D eigenvalue weighted by molar-refractivity contribution is 7.18. The maximum absolute atomic E-state index is 4.75. The smallest absolute Gasteiger partial charge is 0.0941 e. The molecule has 1 N–H and O–H groups in total. The molecule has 2 aromatic rings. The summed E-state index contributed by atoms with van der Waals surface area (Å²) in [6, 6.07) is 8.97. The Labute approximate surface area is 120 Å². The van der Waals surface area contributed by atoms with E-state index in [1.807, 2.05) is 11.3 Å². The van der Waals surface area contributed by atoms with Crippen molar-refractivity contribution in [3.63, 3.8) is 0 Å². The Morgan fingerprint density at radius 3 is 2.53 bits per heavy atom. The Kier molecular flexibility index (Phi) is 4.94. The predicted molar refractivity (Wildman–Crippen MR) is 84.8 cm³/mol. The van der Waals surface area contributed by atoms with Crippen molar-refractivity contribution in [1.82, 2.24) is 10.3 Å². The van der Waals surface area contributed by atoms with Crippen molar-refractivity contribution < 1.29 is 0 Å². The number of hydrogen-bond acceptors (Lipinski definition) is 3. The van der Waals surface area contributed by atoms with Gasteiger partial charge in [-0.3, -0.25) is 0 Å². The zero-order valence-electron chi connectivity index (χ0n) is 12.3. The van der Waals surface area contributed by atoms with Crippen LogP contribution >= 0.6 is 11.3 Å². The molecule has 1 aromatic heterocycles. The maximum Gasteiger partial charge on any atom is 0.0941 e. The van der Waals surface area contributed by atoms with Crippen molar-refractivity contribution in [2.75, 3.05) is 6.54 Å². The van der Waals surface area contributed by atoms with Crippen LogP contribution in [0.25, 0.3) is 10.2 Å². The molecule has 0 spiro atoms. The Balaban J connectivity index is 2.07. The molecule has 3 heteroatoms. The predicted octanol–water partition coefficient (Wildman–Crippen LogP) is 4.11. The molecule has 0 bridgehead atoms. The summed E-state index contributed by atoms with van der Waals surface area (Å²) in [5.74, 6) is 1.33. The van der Waals surface area contributed by atoms with Crippen molar-refractivity contribution in [2.24, 2.45) is 11.8 Å². The van der Waals surface area contributed by atoms with Crippen LogP contribution in [-0.4, -0.2) is 17.6 Å². The lowest BCUT2D eigenvalue weighted by Gasteiger charge is -2.21. The number of nitrogens with zero attached hydrogens (tertiary/aromatic N) is 1. The number of benzene rings is 1. The van der Waals surface area contributed by atoms with E-state index in [-0.39, 0.29) is 0 Å². The van der Waals surface area contributed by atoms with E-state index >= 15 is 0 Å². The van der Waals surface area contributed by atoms with Crippen LogP contribution in [-0.2, 0) is 6.42 Å². The third kappa shape index (κ3) is 4.02. The number of rotatable bonds is 6. The minimum atomic E-state index is 0.552. The molecule has 0 aliphatic rings. The highest BCUT2D eigenvalue weighted by atomic mass is 32.1. The summed E-state index contributed by atoms with van der Waals surface area (Å²) in [5, 5.41) is 4.83. The number of thiazole rings is 1. The second-order valence-corrected chi connectivity index (χ2v) is 6.96. The Bertz CT molecular complexity index is 483. The second kappa shape index (κ2) is 6.49. The van der Waals surface area contributed by atoms with Gasteiger partial charge in [0.25, 0.3) is 0 Å². The fraction of sp³-hybridized carbons (Fsp3) is 0.562. The first-order chi connectivity index (χ1) is 9.06. The average Bonchev–Trinajstić information content (AvgIpc) is 2.76. The lowest BCUT2D eigenvalue weighted by molar-refractivity contribution is 0.349. The highest BCUT2D eigenvalue weighted by Crippen LogP contribution is 2.25. The molecule has 2 rings (SSSR count). The van der Waals surface area contributed by atoms with Crippen LogP contribution in [0.4, 0.5) is 0 Å². The summed E-state index contributed by atoms with van der Waals surface area (Å²) in [7, 11) is 0. The van der Waals surface area contributed by atoms with Gasteiger partial charge in [-0.2, -0.15) is 0 Å². The van der Waals surface area contributed by atoms with E-state index in [4.69, 9.17) is 4.98 Å². The van der Waals surface area contributed by atoms with Crippen LogP contribution in [0.15, 0.2) is 24.3 Å². The molecular weight excluding hydrogens is 252 g/mol. The molecule has 0 saturated heterocycles. The highest BCUT2D eigenvalue weighted by Gasteiger charge is 2.16. The zero-order valence-corrected chi connectivity index (χ0v) is 13.1. The molecule has 1 atom stereocenters. The van der Waals surface area contributed by atoms with Crippen LogP contribution in [0, 0.1) is 11.8 Å². The van der Waals surface area contributed by atoms with E-state index in [2.05, 4.69) is 57.3 Å². The van der Waals surface area contributed by atoms with Gasteiger partial charge >= 0.3 is 0 Å². The van der Waals surface area contributed by atoms with Crippen LogP contribution < -0.4 is 5.32 Å². The summed E-state index contributed by atoms with van der Waals surface area (Å²) < 4.78 is 1.30. The van der Waals surface area contributed by atoms with Gasteiger partial charge in [-0.25, -0.2) is 4.98 Å². The van der Waals surface area contributed by atoms with E-state index in [1.54, 1.807) is 0 Å². The first-order valence-corrected chi connectivity index (χ1v) is 7.95. The normalized spacial score (nSPS) is 13.6. The summed E-state index contributed by atoms with van der Waals surface area (Å²) in [4.78, 5) is 4.75. The molecule has 104 valence electrons. The minimum Gasteiger partial charge on any atom is -0.314 e. The first-order valence-electron chi connectivity index (χ1n) is 7.14. The third-order valence-electron chi connectivity index (χ3n) is 3.51. The van der Waals surface area contributed by atoms with E-state index in [1.165, 1.54) is 9.71 Å². The van der Waals surface area contributed by atoms with Crippen LogP contribution in [0.3, 0.4) is 0 Å². The maximum atomic E-state index is 4.75. The van der Waals surface area contributed by atoms with E-state index in [0.717, 1.165) is 18.5 Å². The number of para-hydroxylation sites is 1. The molecule has 0 radical (unpaired) electrons. The van der Waals surface area contributed by atoms with Gasteiger partial charge in [0, 0.05) is 12.5 Å². The molecule has 0 aliphatic heterocycles. The summed E-state index contributed by atoms with van der Waals surface area (Å²) in [5.41, 5.74) is 1.14. The second-order valence-electron chi connectivity index (χ2n) is 5.85. The lowest BCUT2D eigenvalue weighted by Crippen LogP contribution is -2.32. The molecule has 0 fully saturated rings. The molecular formula is C16H24N2S. The molecule has 2 nitrogen and oxygen atoms in total. The van der Waals surface area contributed by atoms with Gasteiger partial charge < -0.3 is 5.32 Å². The number of nitrogens with one attached hydrogen (secondary N) is 1. The van der Waals surface area contributed by atoms with Crippen molar-refractivity contribution in [2.45, 2.75) is 40.2 Å². The zero-order chi connectivity index (χ0) is 13.8. The largest absolute Gasteiger partial charge is 0.314 e. The molecule has 1 heterocycles. The van der Waals surface area contributed by atoms with Crippen molar-refractivity contribution in [3.8, 4) is 0 Å². The molecule has 0 aliphatic carbocycles. The van der Waals surface area contributed by atoms with E-state index in [9.17, 15) is 0 Å². The van der Waals surface area contributed by atoms with E-state index in [0.29, 0.717) is 17.9 Å². The standard InChI is InChI=1S/C16H24N2S/c1-11(2)13(10-17-12(3)4)9-16-18-14-7-5-6-8-15(14)19-16/h5-8,11-13,17H,9-10H2,1-4H3. The molecule has 1 aromatic carbocycles. The molecule has 1 unspecified atom stereocenters. The van der Waals surface area contributed by atoms with Gasteiger partial charge in [0.15, 0.2) is 0 Å². The molecule has 0 saturated carbocycles. The van der Waals surface area contributed by atoms with Crippen molar-refractivity contribution in [1.29, 1.82) is 0 Å². The van der Waals surface area contributed by atoms with Gasteiger partial charge in [-0.15, -0.1) is 11.3 Å². The fourth-order valence-electron chi connectivity index (χ4n) is 2.16. The summed E-state index contributed by atoms with van der Waals surface area (Å²) in [6.07, 6.45) is 1.08. The molecule has 19 heavy (non-hydrogen) atoms. The third-order valence-corrected chi connectivity index (χ3v) is 4.56. The average molecular weight is 276 g/mol. The quantitative estimate of drug-likeness (QED) is 0.859. The monoisotopic (exact) mass is 276 g/mol. The Hall–Kier alpha value is -0.930. The topological polar surface area (TPSA) is 24.9 Å². The van der Waals surface area contributed by atoms with Gasteiger partial charge in [0.1, 0.15) is 0 Å². The summed E-state index contributed by atoms with van der Waals surface area (Å²) >= 11 is 1.84. The number of hydrogen-bond donors (Lipinski definition) is 1. The van der Waals surface area contributed by atoms with Crippen LogP contribution in [0.1, 0.15) is 32.7 Å². The lowest BCUT2D eigenvalue weighted by atomic mass is 9.92. The van der Waals surface area contributed by atoms with Gasteiger partial charge in [0.2, 0.25) is 0 Å². The van der Waals surface area contributed by atoms with Crippen molar-refractivity contribution in [3.05, 3.63) is 29.3 Å². The number of fused-ring (bicyclic) bond motifs is 1. The fourth-order valence-corrected chi connectivity index (χ4v) is 3.22. The van der Waals surface area contributed by atoms with Gasteiger partial charge in [-0.05, 0) is 30.5 Å². The first kappa shape index (κ1) is 14.5. The summed E-state index contributed by atoms with van der Waals surface area (Å²) in [6.45, 7) is 10.1. The Morgan fingerprint density at radius 1 is 1.16 bits per heavy atom. The van der Waals surface area contributed by atoms with Crippen molar-refractivity contribution >= 4 is 21.6 Å². The number of aromatic nitrogens is 1. The SMILES string of the molecule is CC(C)NCC(Cc1nc2ccccc2s1)C(C)C. The minimum absolute atomic E-state index is 0.552. The van der Waals surface area contributed by atoms with Gasteiger partial charge in [0.05, 0.1) is 15.2 Å². The Morgan fingerprint density at radius 2 is 1.89 bits per heavy atom.